The molecule has 2 nitrogen and oxygen atoms in total. The Morgan fingerprint density at radius 3 is 1.17 bits per heavy atom. The highest BCUT2D eigenvalue weighted by molar-refractivity contribution is 6.34. The van der Waals surface area contributed by atoms with Crippen LogP contribution in [0.2, 0.25) is 0 Å². The number of nitrogens with zero attached hydrogens (tertiary/aromatic N) is 2. The zero-order chi connectivity index (χ0) is 27.9. The minimum Gasteiger partial charge on any atom is -0.343 e. The Morgan fingerprint density at radius 2 is 0.714 bits per heavy atom. The molecule has 0 saturated carbocycles. The van der Waals surface area contributed by atoms with Crippen LogP contribution in [0, 0.1) is 0 Å². The highest BCUT2D eigenvalue weighted by Gasteiger charge is 2.27. The molecule has 0 amide bonds. The van der Waals surface area contributed by atoms with Crippen molar-refractivity contribution in [3.63, 3.8) is 0 Å². The quantitative estimate of drug-likeness (QED) is 0.208. The van der Waals surface area contributed by atoms with Gasteiger partial charge < -0.3 is 9.13 Å². The van der Waals surface area contributed by atoms with Crippen LogP contribution in [0.4, 0.5) is 0 Å². The van der Waals surface area contributed by atoms with Gasteiger partial charge in [-0.2, -0.15) is 0 Å². The third kappa shape index (κ3) is 2.99. The van der Waals surface area contributed by atoms with Crippen molar-refractivity contribution in [2.24, 2.45) is 14.1 Å². The molecule has 0 N–H and O–H groups in total. The van der Waals surface area contributed by atoms with Crippen molar-refractivity contribution in [2.75, 3.05) is 0 Å². The van der Waals surface area contributed by atoms with Gasteiger partial charge in [-0.15, -0.1) is 0 Å². The Labute approximate surface area is 243 Å². The molecule has 0 radical (unpaired) electrons. The van der Waals surface area contributed by atoms with E-state index in [0.717, 1.165) is 0 Å². The average Bonchev–Trinajstić information content (AvgIpc) is 3.51. The van der Waals surface area contributed by atoms with Gasteiger partial charge in [-0.3, -0.25) is 0 Å². The molecule has 0 fully saturated rings. The maximum atomic E-state index is 2.43. The average molecular weight is 537 g/mol. The van der Waals surface area contributed by atoms with E-state index >= 15 is 0 Å². The number of rotatable bonds is 2. The van der Waals surface area contributed by atoms with Gasteiger partial charge in [-0.05, 0) is 44.8 Å². The first kappa shape index (κ1) is 23.4. The van der Waals surface area contributed by atoms with E-state index in [-0.39, 0.29) is 0 Å². The van der Waals surface area contributed by atoms with Crippen LogP contribution in [-0.2, 0) is 14.1 Å². The molecular formula is C40H28N2. The molecule has 0 saturated heterocycles. The Balaban J connectivity index is 1.66. The first-order chi connectivity index (χ1) is 20.7. The molecule has 0 aliphatic rings. The maximum absolute atomic E-state index is 2.43. The monoisotopic (exact) mass is 536 g/mol. The third-order valence-corrected chi connectivity index (χ3v) is 9.31. The van der Waals surface area contributed by atoms with Crippen LogP contribution in [0.5, 0.6) is 0 Å². The molecule has 0 spiro atoms. The maximum Gasteiger partial charge on any atom is 0.0582 e. The third-order valence-electron chi connectivity index (χ3n) is 9.31. The van der Waals surface area contributed by atoms with E-state index < -0.39 is 0 Å². The first-order valence-corrected chi connectivity index (χ1v) is 14.6. The SMILES string of the molecule is Cn1c2ccccc2c2c(-c3cccc4ccccc34)c3c(c(-c4cccc5ccccc45)c21)c1ccccc1n3C. The smallest absolute Gasteiger partial charge is 0.0582 e. The largest absolute Gasteiger partial charge is 0.343 e. The van der Waals surface area contributed by atoms with Gasteiger partial charge in [0.1, 0.15) is 0 Å². The number of aromatic nitrogens is 2. The molecule has 0 aliphatic heterocycles. The number of para-hydroxylation sites is 2. The molecule has 9 rings (SSSR count). The Hall–Kier alpha value is -5.34. The first-order valence-electron chi connectivity index (χ1n) is 14.6. The number of hydrogen-bond acceptors (Lipinski definition) is 0. The van der Waals surface area contributed by atoms with Crippen LogP contribution in [0.3, 0.4) is 0 Å². The zero-order valence-electron chi connectivity index (χ0n) is 23.6. The summed E-state index contributed by atoms with van der Waals surface area (Å²) < 4.78 is 4.86. The normalized spacial score (nSPS) is 12.0. The summed E-state index contributed by atoms with van der Waals surface area (Å²) in [5, 5.41) is 10.3. The van der Waals surface area contributed by atoms with Gasteiger partial charge in [0.05, 0.1) is 11.0 Å². The van der Waals surface area contributed by atoms with Gasteiger partial charge in [-0.25, -0.2) is 0 Å². The molecular weight excluding hydrogens is 508 g/mol. The summed E-state index contributed by atoms with van der Waals surface area (Å²) in [5.41, 5.74) is 10.2. The lowest BCUT2D eigenvalue weighted by Gasteiger charge is -2.18. The Bertz CT molecular complexity index is 2350. The minimum atomic E-state index is 1.25. The Kier molecular flexibility index (Phi) is 4.77. The molecule has 2 heterocycles. The van der Waals surface area contributed by atoms with Gasteiger partial charge in [0, 0.05) is 57.8 Å². The summed E-state index contributed by atoms with van der Waals surface area (Å²) in [5.74, 6) is 0. The van der Waals surface area contributed by atoms with Crippen molar-refractivity contribution in [3.8, 4) is 22.3 Å². The van der Waals surface area contributed by atoms with E-state index in [2.05, 4.69) is 157 Å². The lowest BCUT2D eigenvalue weighted by molar-refractivity contribution is 1.01. The van der Waals surface area contributed by atoms with Crippen molar-refractivity contribution in [3.05, 3.63) is 133 Å². The second kappa shape index (κ2) is 8.58. The molecule has 42 heavy (non-hydrogen) atoms. The fraction of sp³-hybridized carbons (Fsp3) is 0.0500. The topological polar surface area (TPSA) is 9.86 Å². The van der Waals surface area contributed by atoms with Crippen LogP contribution in [0.15, 0.2) is 133 Å². The van der Waals surface area contributed by atoms with E-state index in [0.29, 0.717) is 0 Å². The van der Waals surface area contributed by atoms with E-state index in [1.54, 1.807) is 0 Å². The lowest BCUT2D eigenvalue weighted by atomic mass is 9.87. The fourth-order valence-corrected chi connectivity index (χ4v) is 7.53. The van der Waals surface area contributed by atoms with Gasteiger partial charge in [-0.1, -0.05) is 121 Å². The molecule has 2 heteroatoms. The Morgan fingerprint density at radius 1 is 0.357 bits per heavy atom. The van der Waals surface area contributed by atoms with Crippen molar-refractivity contribution < 1.29 is 0 Å². The van der Waals surface area contributed by atoms with Crippen LogP contribution in [0.1, 0.15) is 0 Å². The number of fused-ring (bicyclic) bond motifs is 8. The zero-order valence-corrected chi connectivity index (χ0v) is 23.6. The summed E-state index contributed by atoms with van der Waals surface area (Å²) in [4.78, 5) is 0. The highest BCUT2D eigenvalue weighted by Crippen LogP contribution is 2.51. The molecule has 2 aromatic heterocycles. The standard InChI is InChI=1S/C40H28N2/c1-41-33-23-9-7-19-31(33)37-36(30-22-12-16-26-14-4-6-18-28(26)30)40-38(32-20-8-10-24-34(32)42(40)2)35(39(37)41)29-21-11-15-25-13-3-5-17-27(25)29/h3-24H,1-2H3. The summed E-state index contributed by atoms with van der Waals surface area (Å²) in [6, 6.07) is 48.9. The number of hydrogen-bond donors (Lipinski definition) is 0. The molecule has 0 atom stereocenters. The van der Waals surface area contributed by atoms with Crippen molar-refractivity contribution >= 4 is 65.2 Å². The summed E-state index contributed by atoms with van der Waals surface area (Å²) in [6.45, 7) is 0. The molecule has 7 aromatic carbocycles. The van der Waals surface area contributed by atoms with Gasteiger partial charge in [0.15, 0.2) is 0 Å². The van der Waals surface area contributed by atoms with Gasteiger partial charge in [0.2, 0.25) is 0 Å². The lowest BCUT2D eigenvalue weighted by Crippen LogP contribution is -1.96. The molecule has 0 unspecified atom stereocenters. The van der Waals surface area contributed by atoms with Crippen molar-refractivity contribution in [2.45, 2.75) is 0 Å². The van der Waals surface area contributed by atoms with Crippen LogP contribution in [-0.4, -0.2) is 9.13 Å². The highest BCUT2D eigenvalue weighted by atomic mass is 15.0. The minimum absolute atomic E-state index is 1.25. The van der Waals surface area contributed by atoms with E-state index in [1.807, 2.05) is 0 Å². The number of benzene rings is 7. The number of aryl methyl sites for hydroxylation is 2. The van der Waals surface area contributed by atoms with E-state index in [4.69, 9.17) is 0 Å². The molecule has 0 bridgehead atoms. The predicted molar refractivity (Wildman–Crippen MR) is 180 cm³/mol. The van der Waals surface area contributed by atoms with Crippen molar-refractivity contribution in [1.29, 1.82) is 0 Å². The van der Waals surface area contributed by atoms with Gasteiger partial charge in [0.25, 0.3) is 0 Å². The van der Waals surface area contributed by atoms with Crippen molar-refractivity contribution in [1.82, 2.24) is 9.13 Å². The van der Waals surface area contributed by atoms with Gasteiger partial charge >= 0.3 is 0 Å². The summed E-state index contributed by atoms with van der Waals surface area (Å²) in [6.07, 6.45) is 0. The summed E-state index contributed by atoms with van der Waals surface area (Å²) in [7, 11) is 4.48. The van der Waals surface area contributed by atoms with E-state index in [1.165, 1.54) is 87.4 Å². The molecule has 198 valence electrons. The fourth-order valence-electron chi connectivity index (χ4n) is 7.53. The van der Waals surface area contributed by atoms with Crippen LogP contribution < -0.4 is 0 Å². The predicted octanol–water partition coefficient (Wildman–Crippen LogP) is 10.6. The van der Waals surface area contributed by atoms with E-state index in [9.17, 15) is 0 Å². The second-order valence-corrected chi connectivity index (χ2v) is 11.4. The second-order valence-electron chi connectivity index (χ2n) is 11.4. The van der Waals surface area contributed by atoms with Crippen LogP contribution >= 0.6 is 0 Å². The summed E-state index contributed by atoms with van der Waals surface area (Å²) >= 11 is 0. The molecule has 0 aliphatic carbocycles. The molecule has 9 aromatic rings. The van der Waals surface area contributed by atoms with Crippen LogP contribution in [0.25, 0.3) is 87.4 Å².